The zero-order valence-corrected chi connectivity index (χ0v) is 11.9. The number of alkyl halides is 3. The van der Waals surface area contributed by atoms with Gasteiger partial charge in [0.2, 0.25) is 0 Å². The second-order valence-electron chi connectivity index (χ2n) is 4.82. The van der Waals surface area contributed by atoms with Crippen molar-refractivity contribution in [3.63, 3.8) is 0 Å². The normalized spacial score (nSPS) is 21.3. The van der Waals surface area contributed by atoms with Crippen molar-refractivity contribution in [1.82, 2.24) is 9.97 Å². The molecule has 2 atom stereocenters. The van der Waals surface area contributed by atoms with E-state index in [2.05, 4.69) is 15.3 Å². The van der Waals surface area contributed by atoms with Crippen molar-refractivity contribution in [2.45, 2.75) is 18.3 Å². The van der Waals surface area contributed by atoms with E-state index < -0.39 is 11.9 Å². The van der Waals surface area contributed by atoms with Crippen LogP contribution in [0.4, 0.5) is 18.9 Å². The SMILES string of the molecule is FC(F)(F)c1cc(NC2COC2c2cccc(Cl)n2)ccn1. The standard InChI is InChI=1S/C14H11ClF3N3O/c15-12-3-1-2-9(21-12)13-10(7-22-13)20-8-4-5-19-11(6-8)14(16,17)18/h1-6,10,13H,7H2,(H,19,20). The van der Waals surface area contributed by atoms with Crippen LogP contribution in [0, 0.1) is 0 Å². The first-order chi connectivity index (χ1) is 10.4. The van der Waals surface area contributed by atoms with Crippen LogP contribution in [0.1, 0.15) is 17.5 Å². The molecular weight excluding hydrogens is 319 g/mol. The van der Waals surface area contributed by atoms with Gasteiger partial charge in [-0.3, -0.25) is 4.98 Å². The molecule has 0 aliphatic carbocycles. The molecule has 22 heavy (non-hydrogen) atoms. The summed E-state index contributed by atoms with van der Waals surface area (Å²) in [6, 6.07) is 7.44. The van der Waals surface area contributed by atoms with E-state index in [0.29, 0.717) is 23.1 Å². The van der Waals surface area contributed by atoms with Crippen LogP contribution in [-0.2, 0) is 10.9 Å². The molecule has 0 spiro atoms. The second-order valence-corrected chi connectivity index (χ2v) is 5.20. The summed E-state index contributed by atoms with van der Waals surface area (Å²) in [5, 5.41) is 3.35. The molecule has 116 valence electrons. The molecule has 0 bridgehead atoms. The molecule has 2 aromatic heterocycles. The van der Waals surface area contributed by atoms with Crippen molar-refractivity contribution in [3.8, 4) is 0 Å². The summed E-state index contributed by atoms with van der Waals surface area (Å²) in [5.74, 6) is 0. The van der Waals surface area contributed by atoms with Gasteiger partial charge in [-0.1, -0.05) is 17.7 Å². The molecule has 1 aliphatic rings. The minimum Gasteiger partial charge on any atom is -0.377 e. The van der Waals surface area contributed by atoms with Gasteiger partial charge in [0.25, 0.3) is 0 Å². The first kappa shape index (κ1) is 15.1. The molecule has 4 nitrogen and oxygen atoms in total. The summed E-state index contributed by atoms with van der Waals surface area (Å²) < 4.78 is 43.4. The number of aromatic nitrogens is 2. The maximum absolute atomic E-state index is 12.6. The van der Waals surface area contributed by atoms with Crippen LogP contribution >= 0.6 is 11.6 Å². The number of hydrogen-bond acceptors (Lipinski definition) is 4. The van der Waals surface area contributed by atoms with E-state index in [-0.39, 0.29) is 12.1 Å². The van der Waals surface area contributed by atoms with E-state index in [1.807, 2.05) is 0 Å². The van der Waals surface area contributed by atoms with Crippen molar-refractivity contribution in [2.75, 3.05) is 11.9 Å². The molecule has 0 aromatic carbocycles. The molecule has 1 fully saturated rings. The quantitative estimate of drug-likeness (QED) is 0.872. The Kier molecular flexibility index (Phi) is 3.92. The number of nitrogens with zero attached hydrogens (tertiary/aromatic N) is 2. The summed E-state index contributed by atoms with van der Waals surface area (Å²) in [6.45, 7) is 0.378. The van der Waals surface area contributed by atoms with Crippen molar-refractivity contribution < 1.29 is 17.9 Å². The van der Waals surface area contributed by atoms with Gasteiger partial charge in [0, 0.05) is 11.9 Å². The van der Waals surface area contributed by atoms with Crippen LogP contribution in [0.3, 0.4) is 0 Å². The van der Waals surface area contributed by atoms with E-state index in [9.17, 15) is 13.2 Å². The smallest absolute Gasteiger partial charge is 0.377 e. The van der Waals surface area contributed by atoms with Gasteiger partial charge in [0.1, 0.15) is 17.0 Å². The molecule has 1 N–H and O–H groups in total. The lowest BCUT2D eigenvalue weighted by Crippen LogP contribution is -2.44. The van der Waals surface area contributed by atoms with Gasteiger partial charge in [-0.05, 0) is 24.3 Å². The zero-order valence-electron chi connectivity index (χ0n) is 11.1. The monoisotopic (exact) mass is 329 g/mol. The number of rotatable bonds is 3. The van der Waals surface area contributed by atoms with Gasteiger partial charge in [0.15, 0.2) is 0 Å². The molecule has 2 unspecified atom stereocenters. The Morgan fingerprint density at radius 2 is 2.09 bits per heavy atom. The number of hydrogen-bond donors (Lipinski definition) is 1. The van der Waals surface area contributed by atoms with Crippen LogP contribution in [0.15, 0.2) is 36.5 Å². The minimum absolute atomic E-state index is 0.172. The van der Waals surface area contributed by atoms with Crippen LogP contribution in [0.25, 0.3) is 0 Å². The third-order valence-corrected chi connectivity index (χ3v) is 3.46. The summed E-state index contributed by atoms with van der Waals surface area (Å²) in [7, 11) is 0. The van der Waals surface area contributed by atoms with E-state index in [1.165, 1.54) is 6.07 Å². The maximum atomic E-state index is 12.6. The molecule has 0 radical (unpaired) electrons. The average Bonchev–Trinajstić information content (AvgIpc) is 2.43. The molecule has 3 heterocycles. The topological polar surface area (TPSA) is 47.0 Å². The van der Waals surface area contributed by atoms with Gasteiger partial charge in [-0.2, -0.15) is 13.2 Å². The number of anilines is 1. The fraction of sp³-hybridized carbons (Fsp3) is 0.286. The van der Waals surface area contributed by atoms with Crippen LogP contribution in [0.2, 0.25) is 5.15 Å². The summed E-state index contributed by atoms with van der Waals surface area (Å²) >= 11 is 5.83. The summed E-state index contributed by atoms with van der Waals surface area (Å²) in [4.78, 5) is 7.48. The van der Waals surface area contributed by atoms with Crippen molar-refractivity contribution in [1.29, 1.82) is 0 Å². The number of ether oxygens (including phenoxy) is 1. The number of nitrogens with one attached hydrogen (secondary N) is 1. The van der Waals surface area contributed by atoms with E-state index in [0.717, 1.165) is 12.3 Å². The Bertz CT molecular complexity index is 680. The Labute approximate surface area is 129 Å². The third-order valence-electron chi connectivity index (χ3n) is 3.25. The molecule has 0 amide bonds. The molecule has 1 aliphatic heterocycles. The highest BCUT2D eigenvalue weighted by Crippen LogP contribution is 2.33. The summed E-state index contributed by atoms with van der Waals surface area (Å²) in [6.07, 6.45) is -3.69. The fourth-order valence-electron chi connectivity index (χ4n) is 2.17. The molecule has 8 heteroatoms. The Morgan fingerprint density at radius 3 is 2.73 bits per heavy atom. The Morgan fingerprint density at radius 1 is 1.27 bits per heavy atom. The lowest BCUT2D eigenvalue weighted by atomic mass is 10.0. The summed E-state index contributed by atoms with van der Waals surface area (Å²) in [5.41, 5.74) is 0.0409. The lowest BCUT2D eigenvalue weighted by Gasteiger charge is -2.37. The van der Waals surface area contributed by atoms with Gasteiger partial charge >= 0.3 is 6.18 Å². The molecular formula is C14H11ClF3N3O. The Balaban J connectivity index is 1.74. The van der Waals surface area contributed by atoms with Gasteiger partial charge < -0.3 is 10.1 Å². The van der Waals surface area contributed by atoms with Crippen LogP contribution in [0.5, 0.6) is 0 Å². The van der Waals surface area contributed by atoms with Crippen LogP contribution in [-0.4, -0.2) is 22.6 Å². The Hall–Kier alpha value is -1.86. The highest BCUT2D eigenvalue weighted by atomic mass is 35.5. The van der Waals surface area contributed by atoms with Gasteiger partial charge in [0.05, 0.1) is 18.3 Å². The van der Waals surface area contributed by atoms with Crippen LogP contribution < -0.4 is 5.32 Å². The third kappa shape index (κ3) is 3.15. The van der Waals surface area contributed by atoms with E-state index in [1.54, 1.807) is 18.2 Å². The predicted octanol–water partition coefficient (Wildman–Crippen LogP) is 3.70. The largest absolute Gasteiger partial charge is 0.433 e. The minimum atomic E-state index is -4.47. The highest BCUT2D eigenvalue weighted by molar-refractivity contribution is 6.29. The van der Waals surface area contributed by atoms with E-state index >= 15 is 0 Å². The molecule has 2 aromatic rings. The number of pyridine rings is 2. The molecule has 3 rings (SSSR count). The van der Waals surface area contributed by atoms with Crippen molar-refractivity contribution in [2.24, 2.45) is 0 Å². The first-order valence-electron chi connectivity index (χ1n) is 6.47. The second kappa shape index (κ2) is 5.73. The number of halogens is 4. The molecule has 0 saturated carbocycles. The molecule has 1 saturated heterocycles. The predicted molar refractivity (Wildman–Crippen MR) is 74.6 cm³/mol. The van der Waals surface area contributed by atoms with E-state index in [4.69, 9.17) is 16.3 Å². The zero-order chi connectivity index (χ0) is 15.7. The van der Waals surface area contributed by atoms with Crippen molar-refractivity contribution >= 4 is 17.3 Å². The maximum Gasteiger partial charge on any atom is 0.433 e. The van der Waals surface area contributed by atoms with Crippen molar-refractivity contribution in [3.05, 3.63) is 53.1 Å². The van der Waals surface area contributed by atoms with Gasteiger partial charge in [-0.15, -0.1) is 0 Å². The first-order valence-corrected chi connectivity index (χ1v) is 6.85. The fourth-order valence-corrected chi connectivity index (χ4v) is 2.34. The average molecular weight is 330 g/mol. The van der Waals surface area contributed by atoms with Gasteiger partial charge in [-0.25, -0.2) is 4.98 Å². The highest BCUT2D eigenvalue weighted by Gasteiger charge is 2.36. The lowest BCUT2D eigenvalue weighted by molar-refractivity contribution is -0.141.